The van der Waals surface area contributed by atoms with Crippen LogP contribution in [0.5, 0.6) is 11.6 Å². The first kappa shape index (κ1) is 20.2. The summed E-state index contributed by atoms with van der Waals surface area (Å²) in [6.45, 7) is 2.36. The Bertz CT molecular complexity index is 937. The van der Waals surface area contributed by atoms with Gasteiger partial charge in [0.15, 0.2) is 0 Å². The molecule has 6 heteroatoms. The summed E-state index contributed by atoms with van der Waals surface area (Å²) in [5.74, 6) is 2.21. The Balaban J connectivity index is 1.32. The smallest absolute Gasteiger partial charge is 0.228 e. The normalized spacial score (nSPS) is 14.5. The van der Waals surface area contributed by atoms with Crippen molar-refractivity contribution < 1.29 is 14.2 Å². The van der Waals surface area contributed by atoms with Gasteiger partial charge in [0, 0.05) is 45.3 Å². The van der Waals surface area contributed by atoms with Gasteiger partial charge in [-0.2, -0.15) is 4.98 Å². The summed E-state index contributed by atoms with van der Waals surface area (Å²) in [6.07, 6.45) is 3.80. The van der Waals surface area contributed by atoms with Crippen LogP contribution in [-0.2, 0) is 11.3 Å². The highest BCUT2D eigenvalue weighted by molar-refractivity contribution is 5.64. The van der Waals surface area contributed by atoms with E-state index in [2.05, 4.69) is 63.4 Å². The highest BCUT2D eigenvalue weighted by Gasteiger charge is 2.22. The lowest BCUT2D eigenvalue weighted by Gasteiger charge is -2.32. The molecule has 0 radical (unpaired) electrons. The third-order valence-electron chi connectivity index (χ3n) is 5.31. The molecular formula is C24H27N3O3. The van der Waals surface area contributed by atoms with Crippen LogP contribution in [0.3, 0.4) is 0 Å². The molecule has 0 aliphatic carbocycles. The van der Waals surface area contributed by atoms with Gasteiger partial charge >= 0.3 is 0 Å². The van der Waals surface area contributed by atoms with Crippen LogP contribution in [0.25, 0.3) is 11.1 Å². The van der Waals surface area contributed by atoms with Gasteiger partial charge in [0.1, 0.15) is 11.9 Å². The van der Waals surface area contributed by atoms with Crippen molar-refractivity contribution in [1.29, 1.82) is 0 Å². The monoisotopic (exact) mass is 405 g/mol. The number of piperidine rings is 1. The number of hydrogen-bond donors (Lipinski definition) is 0. The molecule has 156 valence electrons. The predicted octanol–water partition coefficient (Wildman–Crippen LogP) is 4.35. The van der Waals surface area contributed by atoms with Gasteiger partial charge in [0.05, 0.1) is 13.7 Å². The number of nitrogens with zero attached hydrogens (tertiary/aromatic N) is 3. The molecule has 1 aromatic heterocycles. The zero-order valence-corrected chi connectivity index (χ0v) is 17.5. The van der Waals surface area contributed by atoms with Gasteiger partial charge in [-0.3, -0.25) is 0 Å². The zero-order valence-electron chi connectivity index (χ0n) is 17.5. The first-order chi connectivity index (χ1) is 14.7. The van der Waals surface area contributed by atoms with Crippen LogP contribution >= 0.6 is 0 Å². The molecule has 3 aromatic rings. The van der Waals surface area contributed by atoms with Gasteiger partial charge in [-0.15, -0.1) is 0 Å². The minimum absolute atomic E-state index is 0.200. The maximum absolute atomic E-state index is 6.22. The van der Waals surface area contributed by atoms with Crippen LogP contribution in [0.15, 0.2) is 60.8 Å². The van der Waals surface area contributed by atoms with E-state index in [1.165, 1.54) is 16.7 Å². The Hall–Kier alpha value is -3.12. The second-order valence-electron chi connectivity index (χ2n) is 7.36. The molecule has 0 amide bonds. The van der Waals surface area contributed by atoms with E-state index in [4.69, 9.17) is 14.2 Å². The van der Waals surface area contributed by atoms with Crippen molar-refractivity contribution in [2.24, 2.45) is 0 Å². The molecule has 1 saturated heterocycles. The Morgan fingerprint density at radius 3 is 2.20 bits per heavy atom. The fraction of sp³-hybridized carbons (Fsp3) is 0.333. The first-order valence-electron chi connectivity index (χ1n) is 10.2. The number of ether oxygens (including phenoxy) is 3. The molecule has 0 saturated carbocycles. The van der Waals surface area contributed by atoms with E-state index >= 15 is 0 Å². The Kier molecular flexibility index (Phi) is 6.44. The molecule has 1 aliphatic rings. The van der Waals surface area contributed by atoms with E-state index in [-0.39, 0.29) is 6.10 Å². The molecule has 2 aromatic carbocycles. The fourth-order valence-corrected chi connectivity index (χ4v) is 3.65. The van der Waals surface area contributed by atoms with Crippen LogP contribution in [-0.4, -0.2) is 43.4 Å². The molecular weight excluding hydrogens is 378 g/mol. The number of benzene rings is 2. The van der Waals surface area contributed by atoms with E-state index in [9.17, 15) is 0 Å². The molecule has 0 spiro atoms. The van der Waals surface area contributed by atoms with E-state index in [1.807, 2.05) is 0 Å². The van der Waals surface area contributed by atoms with Crippen molar-refractivity contribution in [1.82, 2.24) is 9.97 Å². The van der Waals surface area contributed by atoms with E-state index in [1.54, 1.807) is 26.5 Å². The molecule has 0 unspecified atom stereocenters. The van der Waals surface area contributed by atoms with Crippen LogP contribution in [0.1, 0.15) is 18.4 Å². The quantitative estimate of drug-likeness (QED) is 0.583. The maximum atomic E-state index is 6.22. The molecule has 30 heavy (non-hydrogen) atoms. The summed E-state index contributed by atoms with van der Waals surface area (Å²) in [4.78, 5) is 11.0. The average Bonchev–Trinajstić information content (AvgIpc) is 2.81. The van der Waals surface area contributed by atoms with Crippen molar-refractivity contribution >= 4 is 5.95 Å². The summed E-state index contributed by atoms with van der Waals surface area (Å²) in [7, 11) is 3.33. The zero-order chi connectivity index (χ0) is 20.8. The average molecular weight is 405 g/mol. The third kappa shape index (κ3) is 4.89. The number of rotatable bonds is 7. The molecule has 0 N–H and O–H groups in total. The predicted molar refractivity (Wildman–Crippen MR) is 117 cm³/mol. The number of anilines is 1. The molecule has 0 bridgehead atoms. The number of methoxy groups -OCH3 is 2. The second kappa shape index (κ2) is 9.59. The first-order valence-corrected chi connectivity index (χ1v) is 10.2. The van der Waals surface area contributed by atoms with Crippen molar-refractivity contribution in [3.63, 3.8) is 0 Å². The topological polar surface area (TPSA) is 56.7 Å². The highest BCUT2D eigenvalue weighted by atomic mass is 16.5. The number of aromatic nitrogens is 2. The molecule has 0 atom stereocenters. The Labute approximate surface area is 177 Å². The van der Waals surface area contributed by atoms with Crippen LogP contribution in [0.4, 0.5) is 5.95 Å². The number of hydrogen-bond acceptors (Lipinski definition) is 6. The fourth-order valence-electron chi connectivity index (χ4n) is 3.65. The van der Waals surface area contributed by atoms with Gasteiger partial charge in [-0.1, -0.05) is 36.4 Å². The lowest BCUT2D eigenvalue weighted by Crippen LogP contribution is -2.39. The van der Waals surface area contributed by atoms with Crippen molar-refractivity contribution in [2.45, 2.75) is 25.6 Å². The van der Waals surface area contributed by atoms with Gasteiger partial charge in [-0.25, -0.2) is 4.98 Å². The third-order valence-corrected chi connectivity index (χ3v) is 5.31. The maximum Gasteiger partial charge on any atom is 0.228 e. The molecule has 4 rings (SSSR count). The lowest BCUT2D eigenvalue weighted by molar-refractivity contribution is 0.170. The Morgan fingerprint density at radius 2 is 1.57 bits per heavy atom. The standard InChI is InChI=1S/C24H27N3O3/c1-28-17-18-3-5-19(6-4-18)20-7-9-21(10-8-20)30-22-12-15-27(16-13-22)24-25-14-11-23(26-24)29-2/h3-11,14,22H,12-13,15-17H2,1-2H3. The van der Waals surface area contributed by atoms with E-state index < -0.39 is 0 Å². The van der Waals surface area contributed by atoms with Crippen molar-refractivity contribution in [3.8, 4) is 22.8 Å². The van der Waals surface area contributed by atoms with E-state index in [0.29, 0.717) is 18.4 Å². The summed E-state index contributed by atoms with van der Waals surface area (Å²) in [5, 5.41) is 0. The van der Waals surface area contributed by atoms with Gasteiger partial charge in [0.2, 0.25) is 11.8 Å². The van der Waals surface area contributed by atoms with Crippen LogP contribution in [0.2, 0.25) is 0 Å². The largest absolute Gasteiger partial charge is 0.490 e. The Morgan fingerprint density at radius 1 is 0.900 bits per heavy atom. The van der Waals surface area contributed by atoms with Crippen LogP contribution < -0.4 is 14.4 Å². The lowest BCUT2D eigenvalue weighted by atomic mass is 10.0. The van der Waals surface area contributed by atoms with Gasteiger partial charge < -0.3 is 19.1 Å². The van der Waals surface area contributed by atoms with Gasteiger partial charge in [0.25, 0.3) is 0 Å². The molecule has 1 aliphatic heterocycles. The minimum atomic E-state index is 0.200. The molecule has 1 fully saturated rings. The van der Waals surface area contributed by atoms with Crippen molar-refractivity contribution in [3.05, 3.63) is 66.4 Å². The van der Waals surface area contributed by atoms with Crippen LogP contribution in [0, 0.1) is 0 Å². The van der Waals surface area contributed by atoms with Gasteiger partial charge in [-0.05, 0) is 28.8 Å². The molecule has 2 heterocycles. The second-order valence-corrected chi connectivity index (χ2v) is 7.36. The summed E-state index contributed by atoms with van der Waals surface area (Å²) in [5.41, 5.74) is 3.54. The summed E-state index contributed by atoms with van der Waals surface area (Å²) in [6, 6.07) is 18.5. The highest BCUT2D eigenvalue weighted by Crippen LogP contribution is 2.26. The molecule has 6 nitrogen and oxygen atoms in total. The SMILES string of the molecule is COCc1ccc(-c2ccc(OC3CCN(c4nccc(OC)n4)CC3)cc2)cc1. The summed E-state index contributed by atoms with van der Waals surface area (Å²) < 4.78 is 16.6. The van der Waals surface area contributed by atoms with Crippen molar-refractivity contribution in [2.75, 3.05) is 32.2 Å². The summed E-state index contributed by atoms with van der Waals surface area (Å²) >= 11 is 0. The minimum Gasteiger partial charge on any atom is -0.490 e. The van der Waals surface area contributed by atoms with E-state index in [0.717, 1.165) is 31.7 Å².